The largest absolute Gasteiger partial charge is 0.326 e. The van der Waals surface area contributed by atoms with Crippen LogP contribution in [0.2, 0.25) is 0 Å². The minimum absolute atomic E-state index is 0.281. The molecule has 0 fully saturated rings. The lowest BCUT2D eigenvalue weighted by Crippen LogP contribution is -2.26. The van der Waals surface area contributed by atoms with E-state index in [1.807, 2.05) is 13.0 Å². The van der Waals surface area contributed by atoms with Crippen molar-refractivity contribution in [1.29, 1.82) is 0 Å². The van der Waals surface area contributed by atoms with Gasteiger partial charge in [-0.25, -0.2) is 8.42 Å². The summed E-state index contributed by atoms with van der Waals surface area (Å²) in [5.74, 6) is 0. The first-order valence-corrected chi connectivity index (χ1v) is 7.74. The molecule has 2 N–H and O–H groups in total. The maximum atomic E-state index is 12.5. The Morgan fingerprint density at radius 1 is 1.10 bits per heavy atom. The second-order valence-electron chi connectivity index (χ2n) is 4.66. The fourth-order valence-corrected chi connectivity index (χ4v) is 3.07. The van der Waals surface area contributed by atoms with Crippen molar-refractivity contribution in [2.45, 2.75) is 18.4 Å². The Morgan fingerprint density at radius 2 is 1.75 bits per heavy atom. The van der Waals surface area contributed by atoms with Crippen LogP contribution in [0.4, 0.5) is 5.69 Å². The molecule has 0 aliphatic carbocycles. The van der Waals surface area contributed by atoms with Gasteiger partial charge in [-0.05, 0) is 36.8 Å². The predicted octanol–water partition coefficient (Wildman–Crippen LogP) is 2.28. The molecule has 0 amide bonds. The molecule has 4 nitrogen and oxygen atoms in total. The minimum atomic E-state index is -3.54. The molecule has 2 aromatic carbocycles. The average molecular weight is 290 g/mol. The van der Waals surface area contributed by atoms with Gasteiger partial charge in [0.2, 0.25) is 0 Å². The summed E-state index contributed by atoms with van der Waals surface area (Å²) in [5, 5.41) is 0. The molecule has 0 saturated carbocycles. The molecule has 0 bridgehead atoms. The van der Waals surface area contributed by atoms with Crippen LogP contribution in [0, 0.1) is 6.92 Å². The van der Waals surface area contributed by atoms with Gasteiger partial charge in [0.25, 0.3) is 10.0 Å². The average Bonchev–Trinajstić information content (AvgIpc) is 2.47. The predicted molar refractivity (Wildman–Crippen MR) is 81.1 cm³/mol. The number of hydrogen-bond acceptors (Lipinski definition) is 3. The topological polar surface area (TPSA) is 63.4 Å². The van der Waals surface area contributed by atoms with Crippen molar-refractivity contribution < 1.29 is 8.42 Å². The molecule has 0 spiro atoms. The SMILES string of the molecule is Cc1ccc(S(=O)(=O)N(C)c2cccc(CN)c2)cc1. The standard InChI is InChI=1S/C15H18N2O2S/c1-12-6-8-15(9-7-12)20(18,19)17(2)14-5-3-4-13(10-14)11-16/h3-10H,11,16H2,1-2H3. The van der Waals surface area contributed by atoms with Crippen LogP contribution in [-0.4, -0.2) is 15.5 Å². The molecule has 2 rings (SSSR count). The molecule has 20 heavy (non-hydrogen) atoms. The molecule has 2 aromatic rings. The zero-order valence-corrected chi connectivity index (χ0v) is 12.4. The van der Waals surface area contributed by atoms with Crippen molar-refractivity contribution in [2.75, 3.05) is 11.4 Å². The lowest BCUT2D eigenvalue weighted by atomic mass is 10.2. The molecule has 106 valence electrons. The van der Waals surface area contributed by atoms with Crippen LogP contribution in [0.15, 0.2) is 53.4 Å². The summed E-state index contributed by atoms with van der Waals surface area (Å²) >= 11 is 0. The van der Waals surface area contributed by atoms with E-state index in [1.165, 1.54) is 4.31 Å². The summed E-state index contributed by atoms with van der Waals surface area (Å²) in [4.78, 5) is 0.281. The third kappa shape index (κ3) is 2.84. The van der Waals surface area contributed by atoms with E-state index >= 15 is 0 Å². The van der Waals surface area contributed by atoms with Gasteiger partial charge in [0.15, 0.2) is 0 Å². The minimum Gasteiger partial charge on any atom is -0.326 e. The third-order valence-electron chi connectivity index (χ3n) is 3.19. The van der Waals surface area contributed by atoms with Crippen LogP contribution in [-0.2, 0) is 16.6 Å². The first kappa shape index (κ1) is 14.6. The maximum absolute atomic E-state index is 12.5. The fourth-order valence-electron chi connectivity index (χ4n) is 1.89. The summed E-state index contributed by atoms with van der Waals surface area (Å²) in [7, 11) is -1.99. The van der Waals surface area contributed by atoms with Crippen molar-refractivity contribution >= 4 is 15.7 Å². The van der Waals surface area contributed by atoms with Crippen LogP contribution >= 0.6 is 0 Å². The quantitative estimate of drug-likeness (QED) is 0.939. The number of aryl methyl sites for hydroxylation is 1. The molecule has 5 heteroatoms. The number of nitrogens with two attached hydrogens (primary N) is 1. The molecule has 0 unspecified atom stereocenters. The molecule has 0 atom stereocenters. The first-order chi connectivity index (χ1) is 9.45. The Bertz CT molecular complexity index is 694. The van der Waals surface area contributed by atoms with Crippen LogP contribution in [0.25, 0.3) is 0 Å². The van der Waals surface area contributed by atoms with Gasteiger partial charge in [0.05, 0.1) is 10.6 Å². The monoisotopic (exact) mass is 290 g/mol. The highest BCUT2D eigenvalue weighted by molar-refractivity contribution is 7.92. The van der Waals surface area contributed by atoms with Crippen LogP contribution < -0.4 is 10.0 Å². The van der Waals surface area contributed by atoms with E-state index in [-0.39, 0.29) is 4.90 Å². The highest BCUT2D eigenvalue weighted by Gasteiger charge is 2.21. The third-order valence-corrected chi connectivity index (χ3v) is 4.99. The summed E-state index contributed by atoms with van der Waals surface area (Å²) < 4.78 is 26.4. The van der Waals surface area contributed by atoms with E-state index in [9.17, 15) is 8.42 Å². The zero-order chi connectivity index (χ0) is 14.8. The van der Waals surface area contributed by atoms with Crippen molar-refractivity contribution in [3.63, 3.8) is 0 Å². The molecular formula is C15H18N2O2S. The van der Waals surface area contributed by atoms with Crippen LogP contribution in [0.1, 0.15) is 11.1 Å². The highest BCUT2D eigenvalue weighted by Crippen LogP contribution is 2.23. The molecule has 0 aliphatic rings. The van der Waals surface area contributed by atoms with Gasteiger partial charge >= 0.3 is 0 Å². The maximum Gasteiger partial charge on any atom is 0.264 e. The number of benzene rings is 2. The van der Waals surface area contributed by atoms with E-state index in [0.717, 1.165) is 11.1 Å². The van der Waals surface area contributed by atoms with Crippen molar-refractivity contribution in [2.24, 2.45) is 5.73 Å². The van der Waals surface area contributed by atoms with Crippen LogP contribution in [0.3, 0.4) is 0 Å². The second kappa shape index (κ2) is 5.64. The van der Waals surface area contributed by atoms with Gasteiger partial charge in [-0.2, -0.15) is 0 Å². The number of sulfonamides is 1. The Kier molecular flexibility index (Phi) is 4.11. The molecule has 0 aromatic heterocycles. The summed E-state index contributed by atoms with van der Waals surface area (Å²) in [5.41, 5.74) is 8.11. The normalized spacial score (nSPS) is 11.3. The first-order valence-electron chi connectivity index (χ1n) is 6.30. The van der Waals surface area contributed by atoms with Crippen molar-refractivity contribution in [3.05, 3.63) is 59.7 Å². The van der Waals surface area contributed by atoms with Crippen LogP contribution in [0.5, 0.6) is 0 Å². The zero-order valence-electron chi connectivity index (χ0n) is 11.6. The fraction of sp³-hybridized carbons (Fsp3) is 0.200. The van der Waals surface area contributed by atoms with E-state index in [0.29, 0.717) is 12.2 Å². The lowest BCUT2D eigenvalue weighted by Gasteiger charge is -2.20. The Balaban J connectivity index is 2.40. The molecule has 0 radical (unpaired) electrons. The lowest BCUT2D eigenvalue weighted by molar-refractivity contribution is 0.594. The number of nitrogens with zero attached hydrogens (tertiary/aromatic N) is 1. The molecule has 0 saturated heterocycles. The van der Waals surface area contributed by atoms with Gasteiger partial charge in [0, 0.05) is 13.6 Å². The van der Waals surface area contributed by atoms with E-state index in [4.69, 9.17) is 5.73 Å². The summed E-state index contributed by atoms with van der Waals surface area (Å²) in [6.45, 7) is 2.30. The smallest absolute Gasteiger partial charge is 0.264 e. The van der Waals surface area contributed by atoms with E-state index < -0.39 is 10.0 Å². The van der Waals surface area contributed by atoms with E-state index in [2.05, 4.69) is 0 Å². The van der Waals surface area contributed by atoms with Gasteiger partial charge in [-0.1, -0.05) is 29.8 Å². The number of hydrogen-bond donors (Lipinski definition) is 1. The Morgan fingerprint density at radius 3 is 2.35 bits per heavy atom. The van der Waals surface area contributed by atoms with Gasteiger partial charge < -0.3 is 5.73 Å². The van der Waals surface area contributed by atoms with E-state index in [1.54, 1.807) is 49.5 Å². The Labute approximate surface area is 119 Å². The van der Waals surface area contributed by atoms with Gasteiger partial charge in [-0.3, -0.25) is 4.31 Å². The molecular weight excluding hydrogens is 272 g/mol. The molecule has 0 heterocycles. The number of anilines is 1. The van der Waals surface area contributed by atoms with Gasteiger partial charge in [0.1, 0.15) is 0 Å². The summed E-state index contributed by atoms with van der Waals surface area (Å²) in [6.07, 6.45) is 0. The highest BCUT2D eigenvalue weighted by atomic mass is 32.2. The van der Waals surface area contributed by atoms with Gasteiger partial charge in [-0.15, -0.1) is 0 Å². The molecule has 0 aliphatic heterocycles. The Hall–Kier alpha value is -1.85. The van der Waals surface area contributed by atoms with Crippen molar-refractivity contribution in [3.8, 4) is 0 Å². The number of rotatable bonds is 4. The van der Waals surface area contributed by atoms with Crippen molar-refractivity contribution in [1.82, 2.24) is 0 Å². The summed E-state index contributed by atoms with van der Waals surface area (Å²) in [6, 6.07) is 14.0. The second-order valence-corrected chi connectivity index (χ2v) is 6.63.